The highest BCUT2D eigenvalue weighted by Gasteiger charge is 2.22. The maximum atomic E-state index is 5.58. The summed E-state index contributed by atoms with van der Waals surface area (Å²) in [6.07, 6.45) is 5.48. The van der Waals surface area contributed by atoms with Gasteiger partial charge in [-0.2, -0.15) is 0 Å². The van der Waals surface area contributed by atoms with E-state index in [2.05, 4.69) is 10.2 Å². The molecular formula is C12H25N3. The highest BCUT2D eigenvalue weighted by Crippen LogP contribution is 2.27. The van der Waals surface area contributed by atoms with Gasteiger partial charge in [-0.3, -0.25) is 0 Å². The molecule has 3 nitrogen and oxygen atoms in total. The molecule has 1 atom stereocenters. The monoisotopic (exact) mass is 211 g/mol. The van der Waals surface area contributed by atoms with Crippen LogP contribution in [0.5, 0.6) is 0 Å². The van der Waals surface area contributed by atoms with Gasteiger partial charge in [-0.05, 0) is 57.2 Å². The van der Waals surface area contributed by atoms with Gasteiger partial charge in [-0.1, -0.05) is 0 Å². The Bertz CT molecular complexity index is 180. The zero-order chi connectivity index (χ0) is 10.5. The fourth-order valence-electron chi connectivity index (χ4n) is 2.45. The largest absolute Gasteiger partial charge is 0.330 e. The molecule has 2 fully saturated rings. The highest BCUT2D eigenvalue weighted by molar-refractivity contribution is 4.78. The summed E-state index contributed by atoms with van der Waals surface area (Å²) in [5.74, 6) is 1.88. The van der Waals surface area contributed by atoms with Crippen molar-refractivity contribution in [2.24, 2.45) is 17.6 Å². The normalized spacial score (nSPS) is 27.4. The molecule has 3 heteroatoms. The smallest absolute Gasteiger partial charge is 0.0107 e. The molecule has 2 aliphatic rings. The van der Waals surface area contributed by atoms with Crippen molar-refractivity contribution >= 4 is 0 Å². The van der Waals surface area contributed by atoms with Gasteiger partial charge in [0.2, 0.25) is 0 Å². The van der Waals surface area contributed by atoms with Crippen LogP contribution in [-0.2, 0) is 0 Å². The van der Waals surface area contributed by atoms with Gasteiger partial charge >= 0.3 is 0 Å². The van der Waals surface area contributed by atoms with Gasteiger partial charge in [0.1, 0.15) is 0 Å². The maximum Gasteiger partial charge on any atom is 0.0107 e. The number of nitrogens with two attached hydrogens (primary N) is 1. The van der Waals surface area contributed by atoms with Gasteiger partial charge in [-0.15, -0.1) is 0 Å². The molecule has 1 saturated carbocycles. The first-order valence-corrected chi connectivity index (χ1v) is 6.51. The second-order valence-electron chi connectivity index (χ2n) is 5.18. The van der Waals surface area contributed by atoms with Crippen molar-refractivity contribution in [1.82, 2.24) is 10.2 Å². The Balaban J connectivity index is 1.48. The van der Waals surface area contributed by atoms with Crippen molar-refractivity contribution in [1.29, 1.82) is 0 Å². The predicted molar refractivity (Wildman–Crippen MR) is 63.8 cm³/mol. The SMILES string of the molecule is NCCC1CCN(CCNCC2CC2)C1. The van der Waals surface area contributed by atoms with E-state index in [0.29, 0.717) is 0 Å². The van der Waals surface area contributed by atoms with Crippen molar-refractivity contribution in [3.63, 3.8) is 0 Å². The van der Waals surface area contributed by atoms with E-state index in [9.17, 15) is 0 Å². The van der Waals surface area contributed by atoms with Crippen molar-refractivity contribution in [3.8, 4) is 0 Å². The fraction of sp³-hybridized carbons (Fsp3) is 1.00. The average molecular weight is 211 g/mol. The Morgan fingerprint density at radius 1 is 1.20 bits per heavy atom. The molecule has 1 saturated heterocycles. The molecule has 88 valence electrons. The van der Waals surface area contributed by atoms with Gasteiger partial charge in [0, 0.05) is 19.6 Å². The summed E-state index contributed by atoms with van der Waals surface area (Å²) in [5.41, 5.74) is 5.58. The highest BCUT2D eigenvalue weighted by atomic mass is 15.2. The van der Waals surface area contributed by atoms with Crippen LogP contribution in [-0.4, -0.2) is 44.2 Å². The lowest BCUT2D eigenvalue weighted by Gasteiger charge is -2.16. The van der Waals surface area contributed by atoms with Crippen molar-refractivity contribution in [2.75, 3.05) is 39.3 Å². The molecule has 0 spiro atoms. The zero-order valence-electron chi connectivity index (χ0n) is 9.75. The number of likely N-dealkylation sites (tertiary alicyclic amines) is 1. The molecule has 0 aromatic carbocycles. The minimum atomic E-state index is 0.860. The maximum absolute atomic E-state index is 5.58. The number of nitrogens with zero attached hydrogens (tertiary/aromatic N) is 1. The van der Waals surface area contributed by atoms with Crippen molar-refractivity contribution in [3.05, 3.63) is 0 Å². The van der Waals surface area contributed by atoms with E-state index in [-0.39, 0.29) is 0 Å². The summed E-state index contributed by atoms with van der Waals surface area (Å²) in [6.45, 7) is 7.08. The molecule has 0 amide bonds. The molecule has 0 bridgehead atoms. The molecule has 0 radical (unpaired) electrons. The fourth-order valence-corrected chi connectivity index (χ4v) is 2.45. The third kappa shape index (κ3) is 4.09. The molecule has 2 rings (SSSR count). The summed E-state index contributed by atoms with van der Waals surface area (Å²) in [7, 11) is 0. The van der Waals surface area contributed by atoms with Crippen LogP contribution in [0, 0.1) is 11.8 Å². The lowest BCUT2D eigenvalue weighted by Crippen LogP contribution is -2.31. The molecule has 3 N–H and O–H groups in total. The van der Waals surface area contributed by atoms with Gasteiger partial charge in [0.15, 0.2) is 0 Å². The van der Waals surface area contributed by atoms with Crippen molar-refractivity contribution < 1.29 is 0 Å². The first kappa shape index (κ1) is 11.4. The van der Waals surface area contributed by atoms with Crippen LogP contribution in [0.15, 0.2) is 0 Å². The number of hydrogen-bond acceptors (Lipinski definition) is 3. The molecule has 0 aromatic heterocycles. The zero-order valence-corrected chi connectivity index (χ0v) is 9.75. The molecular weight excluding hydrogens is 186 g/mol. The standard InChI is InChI=1S/C12H25N3/c13-5-3-12-4-7-15(10-12)8-6-14-9-11-1-2-11/h11-12,14H,1-10,13H2. The van der Waals surface area contributed by atoms with E-state index in [1.165, 1.54) is 58.4 Å². The summed E-state index contributed by atoms with van der Waals surface area (Å²) in [5, 5.41) is 3.55. The summed E-state index contributed by atoms with van der Waals surface area (Å²) in [6, 6.07) is 0. The van der Waals surface area contributed by atoms with E-state index >= 15 is 0 Å². The van der Waals surface area contributed by atoms with E-state index in [0.717, 1.165) is 18.4 Å². The third-order valence-electron chi connectivity index (χ3n) is 3.68. The van der Waals surface area contributed by atoms with E-state index in [1.807, 2.05) is 0 Å². The van der Waals surface area contributed by atoms with Gasteiger partial charge < -0.3 is 16.0 Å². The molecule has 1 aliphatic carbocycles. The second-order valence-corrected chi connectivity index (χ2v) is 5.18. The van der Waals surface area contributed by atoms with Crippen LogP contribution < -0.4 is 11.1 Å². The van der Waals surface area contributed by atoms with Crippen LogP contribution in [0.3, 0.4) is 0 Å². The van der Waals surface area contributed by atoms with Gasteiger partial charge in [0.25, 0.3) is 0 Å². The number of rotatable bonds is 7. The van der Waals surface area contributed by atoms with Gasteiger partial charge in [-0.25, -0.2) is 0 Å². The molecule has 0 aromatic rings. The first-order valence-electron chi connectivity index (χ1n) is 6.51. The molecule has 1 heterocycles. The van der Waals surface area contributed by atoms with Crippen LogP contribution in [0.2, 0.25) is 0 Å². The third-order valence-corrected chi connectivity index (χ3v) is 3.68. The number of nitrogens with one attached hydrogen (secondary N) is 1. The van der Waals surface area contributed by atoms with Crippen LogP contribution in [0.1, 0.15) is 25.7 Å². The van der Waals surface area contributed by atoms with E-state index in [1.54, 1.807) is 0 Å². The number of hydrogen-bond donors (Lipinski definition) is 2. The Hall–Kier alpha value is -0.120. The minimum Gasteiger partial charge on any atom is -0.330 e. The lowest BCUT2D eigenvalue weighted by molar-refractivity contribution is 0.319. The Kier molecular flexibility index (Phi) is 4.42. The second kappa shape index (κ2) is 5.83. The topological polar surface area (TPSA) is 41.3 Å². The predicted octanol–water partition coefficient (Wildman–Crippen LogP) is 0.657. The quantitative estimate of drug-likeness (QED) is 0.608. The van der Waals surface area contributed by atoms with Crippen LogP contribution in [0.25, 0.3) is 0 Å². The molecule has 1 aliphatic heterocycles. The first-order chi connectivity index (χ1) is 7.38. The molecule has 15 heavy (non-hydrogen) atoms. The van der Waals surface area contributed by atoms with Gasteiger partial charge in [0.05, 0.1) is 0 Å². The molecule has 1 unspecified atom stereocenters. The summed E-state index contributed by atoms with van der Waals surface area (Å²) >= 11 is 0. The minimum absolute atomic E-state index is 0.860. The van der Waals surface area contributed by atoms with E-state index < -0.39 is 0 Å². The lowest BCUT2D eigenvalue weighted by atomic mass is 10.1. The van der Waals surface area contributed by atoms with Crippen LogP contribution in [0.4, 0.5) is 0 Å². The van der Waals surface area contributed by atoms with Crippen molar-refractivity contribution in [2.45, 2.75) is 25.7 Å². The summed E-state index contributed by atoms with van der Waals surface area (Å²) in [4.78, 5) is 2.58. The average Bonchev–Trinajstić information content (AvgIpc) is 2.95. The Morgan fingerprint density at radius 3 is 2.80 bits per heavy atom. The Morgan fingerprint density at radius 2 is 2.07 bits per heavy atom. The van der Waals surface area contributed by atoms with E-state index in [4.69, 9.17) is 5.73 Å². The van der Waals surface area contributed by atoms with Crippen LogP contribution >= 0.6 is 0 Å². The summed E-state index contributed by atoms with van der Waals surface area (Å²) < 4.78 is 0. The Labute approximate surface area is 93.4 Å².